The van der Waals surface area contributed by atoms with Gasteiger partial charge < -0.3 is 0 Å². The number of rotatable bonds is 4. The van der Waals surface area contributed by atoms with Crippen molar-refractivity contribution in [1.29, 1.82) is 0 Å². The number of quaternary nitrogens is 3. The van der Waals surface area contributed by atoms with Crippen molar-refractivity contribution >= 4 is 17.1 Å². The number of hydrogen-bond acceptors (Lipinski definition) is 4. The summed E-state index contributed by atoms with van der Waals surface area (Å²) in [6, 6.07) is 6.87. The summed E-state index contributed by atoms with van der Waals surface area (Å²) in [6.07, 6.45) is 0. The Labute approximate surface area is 146 Å². The molecule has 0 radical (unpaired) electrons. The van der Waals surface area contributed by atoms with Gasteiger partial charge in [-0.2, -0.15) is 10.2 Å². The molecule has 8 nitrogen and oxygen atoms in total. The lowest BCUT2D eigenvalue weighted by atomic mass is 9.74. The Morgan fingerprint density at radius 2 is 1.68 bits per heavy atom. The van der Waals surface area contributed by atoms with E-state index in [4.69, 9.17) is 0 Å². The largest absolute Gasteiger partial charge is 0.270 e. The number of nitrogens with zero attached hydrogens (tertiary/aromatic N) is 3. The van der Waals surface area contributed by atoms with Crippen molar-refractivity contribution in [3.63, 3.8) is 0 Å². The van der Waals surface area contributed by atoms with E-state index in [0.717, 1.165) is 36.6 Å². The Hall–Kier alpha value is -2.16. The third-order valence-corrected chi connectivity index (χ3v) is 5.45. The first-order valence-corrected chi connectivity index (χ1v) is 8.80. The fraction of sp³-hybridized carbons (Fsp3) is 0.529. The van der Waals surface area contributed by atoms with Gasteiger partial charge in [-0.25, -0.2) is 14.7 Å². The molecule has 3 N–H and O–H groups in total. The average molecular weight is 345 g/mol. The van der Waals surface area contributed by atoms with Crippen molar-refractivity contribution in [3.8, 4) is 0 Å². The minimum atomic E-state index is -0.340. The SMILES string of the molecule is CC(C)=N/N=C(/c1cccc([N+](=O)[O-])c1)C12C[NH+]3C[NH+](C[NH+](C3)C1)C2. The maximum Gasteiger partial charge on any atom is 0.270 e. The van der Waals surface area contributed by atoms with Gasteiger partial charge in [0.2, 0.25) is 20.0 Å². The molecule has 1 aromatic carbocycles. The van der Waals surface area contributed by atoms with Crippen LogP contribution in [0.1, 0.15) is 19.4 Å². The van der Waals surface area contributed by atoms with Crippen molar-refractivity contribution in [3.05, 3.63) is 39.9 Å². The van der Waals surface area contributed by atoms with E-state index in [-0.39, 0.29) is 16.0 Å². The van der Waals surface area contributed by atoms with Gasteiger partial charge in [0.25, 0.3) is 5.69 Å². The van der Waals surface area contributed by atoms with Crippen LogP contribution >= 0.6 is 0 Å². The number of nitro benzene ring substituents is 1. The second kappa shape index (κ2) is 5.98. The summed E-state index contributed by atoms with van der Waals surface area (Å²) >= 11 is 0. The molecule has 4 fully saturated rings. The fourth-order valence-corrected chi connectivity index (χ4v) is 4.88. The Morgan fingerprint density at radius 3 is 2.20 bits per heavy atom. The molecule has 0 atom stereocenters. The van der Waals surface area contributed by atoms with Crippen LogP contribution in [-0.4, -0.2) is 56.0 Å². The van der Waals surface area contributed by atoms with Gasteiger partial charge in [-0.05, 0) is 13.8 Å². The highest BCUT2D eigenvalue weighted by Gasteiger charge is 2.60. The molecule has 4 saturated heterocycles. The molecule has 0 aromatic heterocycles. The Morgan fingerprint density at radius 1 is 1.08 bits per heavy atom. The van der Waals surface area contributed by atoms with Crippen molar-refractivity contribution < 1.29 is 19.6 Å². The molecule has 4 heterocycles. The number of nitrogens with one attached hydrogen (secondary N) is 3. The Balaban J connectivity index is 1.80. The van der Waals surface area contributed by atoms with Gasteiger partial charge in [0.15, 0.2) is 5.41 Å². The molecular formula is C17H25N6O2+3. The van der Waals surface area contributed by atoms with E-state index in [2.05, 4.69) is 10.2 Å². The van der Waals surface area contributed by atoms with Crippen LogP contribution in [0.15, 0.2) is 34.5 Å². The average Bonchev–Trinajstić information content (AvgIpc) is 2.53. The van der Waals surface area contributed by atoms with Crippen molar-refractivity contribution in [2.45, 2.75) is 13.8 Å². The molecule has 0 spiro atoms. The molecule has 1 aromatic rings. The maximum atomic E-state index is 11.2. The molecule has 4 bridgehead atoms. The summed E-state index contributed by atoms with van der Waals surface area (Å²) < 4.78 is 0. The summed E-state index contributed by atoms with van der Waals surface area (Å²) in [7, 11) is 0. The minimum Gasteiger partial charge on any atom is -0.258 e. The third-order valence-electron chi connectivity index (χ3n) is 5.45. The minimum absolute atomic E-state index is 0.0527. The highest BCUT2D eigenvalue weighted by Crippen LogP contribution is 2.25. The summed E-state index contributed by atoms with van der Waals surface area (Å²) in [5.74, 6) is 0. The lowest BCUT2D eigenvalue weighted by molar-refractivity contribution is -1.30. The molecule has 5 rings (SSSR count). The first kappa shape index (κ1) is 16.3. The number of nitro groups is 1. The Bertz CT molecular complexity index is 733. The molecule has 132 valence electrons. The van der Waals surface area contributed by atoms with Gasteiger partial charge in [-0.3, -0.25) is 10.1 Å². The van der Waals surface area contributed by atoms with Crippen molar-refractivity contribution in [1.82, 2.24) is 0 Å². The summed E-state index contributed by atoms with van der Waals surface area (Å²) in [6.45, 7) is 10.5. The van der Waals surface area contributed by atoms with Gasteiger partial charge in [0.05, 0.1) is 10.6 Å². The number of hydrogen-bond donors (Lipinski definition) is 3. The van der Waals surface area contributed by atoms with Crippen LogP contribution in [0.5, 0.6) is 0 Å². The van der Waals surface area contributed by atoms with E-state index in [1.54, 1.807) is 26.8 Å². The molecule has 0 aliphatic carbocycles. The van der Waals surface area contributed by atoms with Crippen LogP contribution in [0, 0.1) is 15.5 Å². The first-order valence-electron chi connectivity index (χ1n) is 8.80. The molecule has 4 aliphatic rings. The van der Waals surface area contributed by atoms with Crippen LogP contribution in [0.25, 0.3) is 0 Å². The summed E-state index contributed by atoms with van der Waals surface area (Å²) in [4.78, 5) is 15.7. The topological polar surface area (TPSA) is 81.2 Å². The standard InChI is InChI=1S/C17H22N6O2/c1-13(2)18-19-16(14-4-3-5-15(6-14)23(24)25)17-7-20-10-21(8-17)12-22(9-17)11-20/h3-6H,7-12H2,1-2H3/p+3/b19-16-. The van der Waals surface area contributed by atoms with Gasteiger partial charge in [0.1, 0.15) is 19.6 Å². The van der Waals surface area contributed by atoms with Gasteiger partial charge >= 0.3 is 0 Å². The zero-order valence-corrected chi connectivity index (χ0v) is 14.7. The monoisotopic (exact) mass is 345 g/mol. The van der Waals surface area contributed by atoms with Crippen molar-refractivity contribution in [2.75, 3.05) is 39.6 Å². The maximum absolute atomic E-state index is 11.2. The third kappa shape index (κ3) is 2.97. The van der Waals surface area contributed by atoms with Gasteiger partial charge in [0, 0.05) is 23.4 Å². The van der Waals surface area contributed by atoms with Crippen LogP contribution in [-0.2, 0) is 0 Å². The highest BCUT2D eigenvalue weighted by molar-refractivity contribution is 6.05. The van der Waals surface area contributed by atoms with Crippen LogP contribution in [0.2, 0.25) is 0 Å². The number of non-ortho nitro benzene ring substituents is 1. The van der Waals surface area contributed by atoms with E-state index < -0.39 is 0 Å². The molecule has 8 heteroatoms. The fourth-order valence-electron chi connectivity index (χ4n) is 4.88. The second-order valence-electron chi connectivity index (χ2n) is 7.89. The zero-order chi connectivity index (χ0) is 17.6. The summed E-state index contributed by atoms with van der Waals surface area (Å²) in [5, 5.41) is 20.2. The lowest BCUT2D eigenvalue weighted by Gasteiger charge is -2.52. The molecule has 0 unspecified atom stereocenters. The quantitative estimate of drug-likeness (QED) is 0.316. The van der Waals surface area contributed by atoms with E-state index in [9.17, 15) is 10.1 Å². The predicted octanol–water partition coefficient (Wildman–Crippen LogP) is -2.67. The van der Waals surface area contributed by atoms with E-state index >= 15 is 0 Å². The van der Waals surface area contributed by atoms with E-state index in [0.29, 0.717) is 0 Å². The molecule has 25 heavy (non-hydrogen) atoms. The highest BCUT2D eigenvalue weighted by atomic mass is 16.6. The normalized spacial score (nSPS) is 33.4. The smallest absolute Gasteiger partial charge is 0.258 e. The molecule has 0 saturated carbocycles. The van der Waals surface area contributed by atoms with Crippen LogP contribution in [0.3, 0.4) is 0 Å². The zero-order valence-electron chi connectivity index (χ0n) is 14.7. The van der Waals surface area contributed by atoms with E-state index in [1.165, 1.54) is 26.1 Å². The number of benzene rings is 1. The van der Waals surface area contributed by atoms with Crippen molar-refractivity contribution in [2.24, 2.45) is 15.6 Å². The second-order valence-corrected chi connectivity index (χ2v) is 7.89. The molecular weight excluding hydrogens is 320 g/mol. The van der Waals surface area contributed by atoms with Gasteiger partial charge in [-0.1, -0.05) is 12.1 Å². The lowest BCUT2D eigenvalue weighted by Crippen LogP contribution is -3.56. The first-order chi connectivity index (χ1) is 11.9. The molecule has 0 amide bonds. The van der Waals surface area contributed by atoms with Crippen LogP contribution < -0.4 is 14.7 Å². The van der Waals surface area contributed by atoms with Gasteiger partial charge in [-0.15, -0.1) is 0 Å². The summed E-state index contributed by atoms with van der Waals surface area (Å²) in [5.41, 5.74) is 2.70. The molecule has 4 aliphatic heterocycles. The van der Waals surface area contributed by atoms with Crippen LogP contribution in [0.4, 0.5) is 5.69 Å². The predicted molar refractivity (Wildman–Crippen MR) is 92.9 cm³/mol. The van der Waals surface area contributed by atoms with E-state index in [1.807, 2.05) is 19.9 Å². The Kier molecular flexibility index (Phi) is 3.90.